The van der Waals surface area contributed by atoms with Crippen LogP contribution in [-0.2, 0) is 16.1 Å². The van der Waals surface area contributed by atoms with Gasteiger partial charge in [0.2, 0.25) is 0 Å². The predicted molar refractivity (Wildman–Crippen MR) is 85.4 cm³/mol. The quantitative estimate of drug-likeness (QED) is 0.643. The Labute approximate surface area is 142 Å². The third kappa shape index (κ3) is 4.89. The van der Waals surface area contributed by atoms with Gasteiger partial charge in [-0.15, -0.1) is 0 Å². The molecule has 0 heterocycles. The van der Waals surface area contributed by atoms with Gasteiger partial charge in [0, 0.05) is 17.1 Å². The molecular formula is C17H13ClFNO4. The number of benzene rings is 2. The van der Waals surface area contributed by atoms with Crippen molar-refractivity contribution in [1.29, 1.82) is 0 Å². The lowest BCUT2D eigenvalue weighted by Crippen LogP contribution is -2.28. The second kappa shape index (κ2) is 8.21. The van der Waals surface area contributed by atoms with Crippen LogP contribution in [0.3, 0.4) is 0 Å². The van der Waals surface area contributed by atoms with Crippen molar-refractivity contribution < 1.29 is 23.5 Å². The number of carbonyl (C=O) groups excluding carboxylic acids is 3. The van der Waals surface area contributed by atoms with Gasteiger partial charge in [0.15, 0.2) is 6.61 Å². The molecule has 5 nitrogen and oxygen atoms in total. The van der Waals surface area contributed by atoms with Gasteiger partial charge < -0.3 is 10.1 Å². The van der Waals surface area contributed by atoms with E-state index < -0.39 is 24.3 Å². The van der Waals surface area contributed by atoms with Gasteiger partial charge in [-0.05, 0) is 29.8 Å². The van der Waals surface area contributed by atoms with Gasteiger partial charge >= 0.3 is 5.97 Å². The molecule has 2 aromatic carbocycles. The molecule has 1 amide bonds. The number of carbonyl (C=O) groups is 3. The Morgan fingerprint density at radius 1 is 1.17 bits per heavy atom. The summed E-state index contributed by atoms with van der Waals surface area (Å²) in [4.78, 5) is 34.0. The zero-order chi connectivity index (χ0) is 17.5. The summed E-state index contributed by atoms with van der Waals surface area (Å²) in [5.74, 6) is -1.67. The van der Waals surface area contributed by atoms with E-state index in [0.29, 0.717) is 17.4 Å². The maximum Gasteiger partial charge on any atom is 0.338 e. The highest BCUT2D eigenvalue weighted by Crippen LogP contribution is 2.16. The standard InChI is InChI=1S/C17H13ClFNO4/c18-15-7-14(19)6-5-13(15)8-20-16(22)10-24-17(23)12-3-1-11(9-21)2-4-12/h1-7,9H,8,10H2,(H,20,22). The maximum atomic E-state index is 12.9. The molecule has 0 saturated heterocycles. The third-order valence-electron chi connectivity index (χ3n) is 3.11. The van der Waals surface area contributed by atoms with Crippen LogP contribution in [-0.4, -0.2) is 24.8 Å². The van der Waals surface area contributed by atoms with E-state index in [2.05, 4.69) is 5.32 Å². The summed E-state index contributed by atoms with van der Waals surface area (Å²) in [6.45, 7) is -0.378. The highest BCUT2D eigenvalue weighted by atomic mass is 35.5. The molecule has 24 heavy (non-hydrogen) atoms. The molecule has 0 atom stereocenters. The molecule has 2 aromatic rings. The van der Waals surface area contributed by atoms with Gasteiger partial charge in [0.1, 0.15) is 12.1 Å². The third-order valence-corrected chi connectivity index (χ3v) is 3.46. The lowest BCUT2D eigenvalue weighted by molar-refractivity contribution is -0.124. The van der Waals surface area contributed by atoms with Gasteiger partial charge in [-0.3, -0.25) is 9.59 Å². The summed E-state index contributed by atoms with van der Waals surface area (Å²) >= 11 is 5.84. The Balaban J connectivity index is 1.81. The molecule has 7 heteroatoms. The van der Waals surface area contributed by atoms with E-state index in [9.17, 15) is 18.8 Å². The fraction of sp³-hybridized carbons (Fsp3) is 0.118. The maximum absolute atomic E-state index is 12.9. The number of aldehydes is 1. The van der Waals surface area contributed by atoms with Gasteiger partial charge in [0.25, 0.3) is 5.91 Å². The molecule has 2 rings (SSSR count). The van der Waals surface area contributed by atoms with E-state index >= 15 is 0 Å². The smallest absolute Gasteiger partial charge is 0.338 e. The number of hydrogen-bond acceptors (Lipinski definition) is 4. The van der Waals surface area contributed by atoms with Crippen molar-refractivity contribution in [2.75, 3.05) is 6.61 Å². The first-order valence-electron chi connectivity index (χ1n) is 6.92. The Morgan fingerprint density at radius 2 is 1.88 bits per heavy atom. The lowest BCUT2D eigenvalue weighted by Gasteiger charge is -2.08. The number of hydrogen-bond donors (Lipinski definition) is 1. The number of ether oxygens (including phenoxy) is 1. The summed E-state index contributed by atoms with van der Waals surface area (Å²) in [6.07, 6.45) is 0.656. The Bertz CT molecular complexity index is 762. The summed E-state index contributed by atoms with van der Waals surface area (Å²) in [5.41, 5.74) is 1.21. The van der Waals surface area contributed by atoms with E-state index in [1.807, 2.05) is 0 Å². The van der Waals surface area contributed by atoms with Crippen LogP contribution in [0.2, 0.25) is 5.02 Å². The molecule has 0 radical (unpaired) electrons. The van der Waals surface area contributed by atoms with Crippen LogP contribution >= 0.6 is 11.6 Å². The van der Waals surface area contributed by atoms with Crippen LogP contribution < -0.4 is 5.32 Å². The summed E-state index contributed by atoms with van der Waals surface area (Å²) < 4.78 is 17.8. The predicted octanol–water partition coefficient (Wildman–Crippen LogP) is 2.76. The number of amides is 1. The van der Waals surface area contributed by atoms with Crippen LogP contribution in [0.25, 0.3) is 0 Å². The van der Waals surface area contributed by atoms with Gasteiger partial charge in [-0.2, -0.15) is 0 Å². The molecule has 0 unspecified atom stereocenters. The molecule has 0 aliphatic carbocycles. The van der Waals surface area contributed by atoms with Crippen LogP contribution in [0, 0.1) is 5.82 Å². The minimum absolute atomic E-state index is 0.0868. The van der Waals surface area contributed by atoms with Crippen LogP contribution in [0.1, 0.15) is 26.3 Å². The van der Waals surface area contributed by atoms with E-state index in [1.165, 1.54) is 36.4 Å². The monoisotopic (exact) mass is 349 g/mol. The second-order valence-electron chi connectivity index (χ2n) is 4.83. The molecule has 0 saturated carbocycles. The first-order valence-corrected chi connectivity index (χ1v) is 7.30. The summed E-state index contributed by atoms with van der Waals surface area (Å²) in [7, 11) is 0. The van der Waals surface area contributed by atoms with E-state index in [4.69, 9.17) is 16.3 Å². The Morgan fingerprint density at radius 3 is 2.50 bits per heavy atom. The Kier molecular flexibility index (Phi) is 6.03. The van der Waals surface area contributed by atoms with Gasteiger partial charge in [0.05, 0.1) is 5.56 Å². The van der Waals surface area contributed by atoms with Gasteiger partial charge in [-0.1, -0.05) is 29.8 Å². The van der Waals surface area contributed by atoms with Gasteiger partial charge in [-0.25, -0.2) is 9.18 Å². The van der Waals surface area contributed by atoms with Crippen LogP contribution in [0.5, 0.6) is 0 Å². The number of halogens is 2. The molecule has 0 spiro atoms. The molecule has 1 N–H and O–H groups in total. The fourth-order valence-electron chi connectivity index (χ4n) is 1.82. The van der Waals surface area contributed by atoms with Crippen molar-refractivity contribution in [2.45, 2.75) is 6.54 Å². The minimum Gasteiger partial charge on any atom is -0.452 e. The lowest BCUT2D eigenvalue weighted by atomic mass is 10.1. The number of esters is 1. The normalized spacial score (nSPS) is 10.1. The molecule has 0 aromatic heterocycles. The zero-order valence-corrected chi connectivity index (χ0v) is 13.2. The van der Waals surface area contributed by atoms with Crippen molar-refractivity contribution in [3.63, 3.8) is 0 Å². The average Bonchev–Trinajstić information content (AvgIpc) is 2.59. The van der Waals surface area contributed by atoms with Crippen molar-refractivity contribution in [2.24, 2.45) is 0 Å². The number of nitrogens with one attached hydrogen (secondary N) is 1. The first-order chi connectivity index (χ1) is 11.5. The molecule has 0 fully saturated rings. The number of rotatable bonds is 6. The Hall–Kier alpha value is -2.73. The molecular weight excluding hydrogens is 337 g/mol. The molecule has 0 bridgehead atoms. The second-order valence-corrected chi connectivity index (χ2v) is 5.24. The van der Waals surface area contributed by atoms with Crippen LogP contribution in [0.15, 0.2) is 42.5 Å². The zero-order valence-electron chi connectivity index (χ0n) is 12.4. The highest BCUT2D eigenvalue weighted by Gasteiger charge is 2.11. The molecule has 0 aliphatic heterocycles. The SMILES string of the molecule is O=Cc1ccc(C(=O)OCC(=O)NCc2ccc(F)cc2Cl)cc1. The van der Waals surface area contributed by atoms with Crippen molar-refractivity contribution in [3.05, 3.63) is 70.0 Å². The molecule has 0 aliphatic rings. The van der Waals surface area contributed by atoms with E-state index in [0.717, 1.165) is 6.07 Å². The van der Waals surface area contributed by atoms with E-state index in [1.54, 1.807) is 0 Å². The molecule has 124 valence electrons. The minimum atomic E-state index is -0.678. The van der Waals surface area contributed by atoms with Crippen molar-refractivity contribution >= 4 is 29.8 Å². The highest BCUT2D eigenvalue weighted by molar-refractivity contribution is 6.31. The largest absolute Gasteiger partial charge is 0.452 e. The average molecular weight is 350 g/mol. The van der Waals surface area contributed by atoms with E-state index in [-0.39, 0.29) is 17.1 Å². The first kappa shape index (κ1) is 17.6. The van der Waals surface area contributed by atoms with Crippen LogP contribution in [0.4, 0.5) is 4.39 Å². The fourth-order valence-corrected chi connectivity index (χ4v) is 2.06. The summed E-state index contributed by atoms with van der Waals surface area (Å²) in [6, 6.07) is 9.64. The van der Waals surface area contributed by atoms with Crippen molar-refractivity contribution in [1.82, 2.24) is 5.32 Å². The topological polar surface area (TPSA) is 72.5 Å². The summed E-state index contributed by atoms with van der Waals surface area (Å²) in [5, 5.41) is 2.71. The van der Waals surface area contributed by atoms with Crippen molar-refractivity contribution in [3.8, 4) is 0 Å².